The van der Waals surface area contributed by atoms with Crippen LogP contribution in [0.4, 0.5) is 4.39 Å². The number of nitrogens with one attached hydrogen (secondary N) is 1. The maximum absolute atomic E-state index is 13.2. The largest absolute Gasteiger partial charge is 0.494 e. The standard InChI is InChI=1S/C35H32FNO5S/c1-3-18-41-29-15-8-25(9-16-29)26-10-17-32-27(20-26)21-33(43-32)34(38)37-31(35(39)40-2)19-23-6-13-30(14-7-23)42-22-24-4-11-28(36)12-5-24/h4-17,20-21,31H,3,18-19,22H2,1-2H3,(H,37,38)/t31-/m0/s1. The minimum absolute atomic E-state index is 0.254. The van der Waals surface area contributed by atoms with Gasteiger partial charge in [0.1, 0.15) is 30.0 Å². The van der Waals surface area contributed by atoms with Crippen LogP contribution in [0.5, 0.6) is 11.5 Å². The molecule has 6 nitrogen and oxygen atoms in total. The van der Waals surface area contributed by atoms with Gasteiger partial charge in [0.25, 0.3) is 5.91 Å². The van der Waals surface area contributed by atoms with Crippen molar-refractivity contribution in [3.8, 4) is 22.6 Å². The lowest BCUT2D eigenvalue weighted by Gasteiger charge is -2.16. The number of benzene rings is 4. The number of methoxy groups -OCH3 is 1. The highest BCUT2D eigenvalue weighted by molar-refractivity contribution is 7.20. The predicted octanol–water partition coefficient (Wildman–Crippen LogP) is 7.59. The molecule has 1 atom stereocenters. The molecule has 8 heteroatoms. The van der Waals surface area contributed by atoms with Crippen molar-refractivity contribution >= 4 is 33.3 Å². The molecule has 43 heavy (non-hydrogen) atoms. The summed E-state index contributed by atoms with van der Waals surface area (Å²) in [4.78, 5) is 26.3. The minimum Gasteiger partial charge on any atom is -0.494 e. The maximum atomic E-state index is 13.2. The number of carbonyl (C=O) groups excluding carboxylic acids is 2. The first-order valence-corrected chi connectivity index (χ1v) is 14.8. The van der Waals surface area contributed by atoms with Crippen molar-refractivity contribution in [1.29, 1.82) is 0 Å². The Hall–Kier alpha value is -4.69. The summed E-state index contributed by atoms with van der Waals surface area (Å²) < 4.78 is 30.5. The molecule has 0 spiro atoms. The summed E-state index contributed by atoms with van der Waals surface area (Å²) in [6.45, 7) is 3.06. The molecular formula is C35H32FNO5S. The Labute approximate surface area is 254 Å². The second-order valence-corrected chi connectivity index (χ2v) is 11.1. The van der Waals surface area contributed by atoms with E-state index in [4.69, 9.17) is 14.2 Å². The summed E-state index contributed by atoms with van der Waals surface area (Å²) in [6, 6.07) is 28.5. The van der Waals surface area contributed by atoms with Crippen LogP contribution in [-0.2, 0) is 22.6 Å². The highest BCUT2D eigenvalue weighted by Crippen LogP contribution is 2.31. The number of fused-ring (bicyclic) bond motifs is 1. The Bertz CT molecular complexity index is 1680. The number of esters is 1. The fourth-order valence-electron chi connectivity index (χ4n) is 4.57. The van der Waals surface area contributed by atoms with Crippen molar-refractivity contribution < 1.29 is 28.2 Å². The zero-order valence-corrected chi connectivity index (χ0v) is 24.8. The molecule has 4 aromatic carbocycles. The molecule has 0 saturated heterocycles. The van der Waals surface area contributed by atoms with Gasteiger partial charge in [0, 0.05) is 11.1 Å². The lowest BCUT2D eigenvalue weighted by molar-refractivity contribution is -0.142. The van der Waals surface area contributed by atoms with Crippen LogP contribution in [0.2, 0.25) is 0 Å². The average Bonchev–Trinajstić information content (AvgIpc) is 3.47. The van der Waals surface area contributed by atoms with E-state index in [9.17, 15) is 14.0 Å². The molecule has 0 radical (unpaired) electrons. The van der Waals surface area contributed by atoms with Crippen molar-refractivity contribution in [3.63, 3.8) is 0 Å². The number of carbonyl (C=O) groups is 2. The molecule has 0 aliphatic heterocycles. The van der Waals surface area contributed by atoms with E-state index in [-0.39, 0.29) is 18.1 Å². The zero-order chi connectivity index (χ0) is 30.2. The van der Waals surface area contributed by atoms with Gasteiger partial charge in [0.15, 0.2) is 0 Å². The van der Waals surface area contributed by atoms with E-state index in [1.807, 2.05) is 54.6 Å². The summed E-state index contributed by atoms with van der Waals surface area (Å²) in [7, 11) is 1.30. The summed E-state index contributed by atoms with van der Waals surface area (Å²) in [5, 5.41) is 3.80. The van der Waals surface area contributed by atoms with Gasteiger partial charge in [0.05, 0.1) is 18.6 Å². The first-order valence-electron chi connectivity index (χ1n) is 14.0. The Balaban J connectivity index is 1.23. The molecule has 5 aromatic rings. The molecule has 0 unspecified atom stereocenters. The number of ether oxygens (including phenoxy) is 3. The third-order valence-corrected chi connectivity index (χ3v) is 7.99. The van der Waals surface area contributed by atoms with Gasteiger partial charge in [-0.25, -0.2) is 9.18 Å². The van der Waals surface area contributed by atoms with Crippen LogP contribution in [0.1, 0.15) is 34.1 Å². The first-order chi connectivity index (χ1) is 20.9. The zero-order valence-electron chi connectivity index (χ0n) is 24.0. The normalized spacial score (nSPS) is 11.6. The molecule has 0 aliphatic carbocycles. The van der Waals surface area contributed by atoms with Gasteiger partial charge in [0.2, 0.25) is 0 Å². The topological polar surface area (TPSA) is 73.9 Å². The highest BCUT2D eigenvalue weighted by Gasteiger charge is 2.24. The highest BCUT2D eigenvalue weighted by atomic mass is 32.1. The fraction of sp³-hybridized carbons (Fsp3) is 0.200. The van der Waals surface area contributed by atoms with Gasteiger partial charge < -0.3 is 19.5 Å². The van der Waals surface area contributed by atoms with Gasteiger partial charge >= 0.3 is 5.97 Å². The van der Waals surface area contributed by atoms with Crippen LogP contribution in [0.15, 0.2) is 97.1 Å². The summed E-state index contributed by atoms with van der Waals surface area (Å²) in [5.41, 5.74) is 3.78. The maximum Gasteiger partial charge on any atom is 0.328 e. The lowest BCUT2D eigenvalue weighted by atomic mass is 10.0. The molecule has 1 heterocycles. The molecule has 0 aliphatic rings. The van der Waals surface area contributed by atoms with Crippen LogP contribution >= 0.6 is 11.3 Å². The number of thiophene rings is 1. The van der Waals surface area contributed by atoms with E-state index < -0.39 is 12.0 Å². The van der Waals surface area contributed by atoms with E-state index in [0.29, 0.717) is 23.8 Å². The van der Waals surface area contributed by atoms with Gasteiger partial charge in [-0.15, -0.1) is 11.3 Å². The Kier molecular flexibility index (Phi) is 9.69. The first kappa shape index (κ1) is 29.8. The third kappa shape index (κ3) is 7.78. The third-order valence-electron chi connectivity index (χ3n) is 6.87. The van der Waals surface area contributed by atoms with Gasteiger partial charge in [-0.3, -0.25) is 4.79 Å². The molecular weight excluding hydrogens is 565 g/mol. The minimum atomic E-state index is -0.863. The molecule has 1 aromatic heterocycles. The molecule has 0 fully saturated rings. The van der Waals surface area contributed by atoms with Crippen molar-refractivity contribution in [2.45, 2.75) is 32.4 Å². The molecule has 1 amide bonds. The molecule has 1 N–H and O–H groups in total. The number of amides is 1. The van der Waals surface area contributed by atoms with E-state index >= 15 is 0 Å². The van der Waals surface area contributed by atoms with E-state index in [1.165, 1.54) is 30.6 Å². The molecule has 5 rings (SSSR count). The molecule has 0 saturated carbocycles. The Morgan fingerprint density at radius 3 is 2.16 bits per heavy atom. The fourth-order valence-corrected chi connectivity index (χ4v) is 5.51. The monoisotopic (exact) mass is 597 g/mol. The van der Waals surface area contributed by atoms with Gasteiger partial charge in [-0.05, 0) is 88.7 Å². The van der Waals surface area contributed by atoms with Crippen molar-refractivity contribution in [2.75, 3.05) is 13.7 Å². The summed E-state index contributed by atoms with van der Waals surface area (Å²) in [6.07, 6.45) is 1.21. The van der Waals surface area contributed by atoms with Crippen molar-refractivity contribution in [1.82, 2.24) is 5.32 Å². The SMILES string of the molecule is CCCOc1ccc(-c2ccc3sc(C(=O)N[C@@H](Cc4ccc(OCc5ccc(F)cc5)cc4)C(=O)OC)cc3c2)cc1. The second kappa shape index (κ2) is 14.0. The second-order valence-electron chi connectivity index (χ2n) is 10.0. The number of hydrogen-bond acceptors (Lipinski definition) is 6. The summed E-state index contributed by atoms with van der Waals surface area (Å²) in [5.74, 6) is 0.316. The lowest BCUT2D eigenvalue weighted by Crippen LogP contribution is -2.42. The average molecular weight is 598 g/mol. The van der Waals surface area contributed by atoms with Crippen LogP contribution < -0.4 is 14.8 Å². The van der Waals surface area contributed by atoms with Gasteiger partial charge in [-0.2, -0.15) is 0 Å². The van der Waals surface area contributed by atoms with Gasteiger partial charge in [-0.1, -0.05) is 49.4 Å². The molecule has 0 bridgehead atoms. The quantitative estimate of drug-likeness (QED) is 0.150. The number of rotatable bonds is 12. The van der Waals surface area contributed by atoms with Crippen molar-refractivity contribution in [3.05, 3.63) is 119 Å². The van der Waals surface area contributed by atoms with Crippen molar-refractivity contribution in [2.24, 2.45) is 0 Å². The number of halogens is 1. The number of hydrogen-bond donors (Lipinski definition) is 1. The van der Waals surface area contributed by atoms with Crippen LogP contribution in [-0.4, -0.2) is 31.6 Å². The summed E-state index contributed by atoms with van der Waals surface area (Å²) >= 11 is 1.37. The van der Waals surface area contributed by atoms with Crippen LogP contribution in [0.3, 0.4) is 0 Å². The van der Waals surface area contributed by atoms with E-state index in [0.717, 1.165) is 44.5 Å². The predicted molar refractivity (Wildman–Crippen MR) is 167 cm³/mol. The van der Waals surface area contributed by atoms with E-state index in [1.54, 1.807) is 24.3 Å². The van der Waals surface area contributed by atoms with Crippen LogP contribution in [0.25, 0.3) is 21.2 Å². The Morgan fingerprint density at radius 2 is 1.47 bits per heavy atom. The van der Waals surface area contributed by atoms with Crippen LogP contribution in [0, 0.1) is 5.82 Å². The molecule has 220 valence electrons. The smallest absolute Gasteiger partial charge is 0.328 e. The Morgan fingerprint density at radius 1 is 0.814 bits per heavy atom. The van der Waals surface area contributed by atoms with E-state index in [2.05, 4.69) is 18.3 Å².